The zero-order valence-corrected chi connectivity index (χ0v) is 20.5. The topological polar surface area (TPSA) is 29.5 Å². The van der Waals surface area contributed by atoms with Gasteiger partial charge in [0.15, 0.2) is 4.32 Å². The molecule has 3 aromatic rings. The van der Waals surface area contributed by atoms with E-state index < -0.39 is 0 Å². The minimum atomic E-state index is -0.160. The van der Waals surface area contributed by atoms with Gasteiger partial charge in [-0.25, -0.2) is 0 Å². The smallest absolute Gasteiger partial charge is 0.270 e. The number of amides is 1. The molecule has 32 heavy (non-hydrogen) atoms. The fraction of sp³-hybridized carbons (Fsp3) is 0.120. The molecule has 0 spiro atoms. The van der Waals surface area contributed by atoms with Gasteiger partial charge in [-0.1, -0.05) is 77.0 Å². The lowest BCUT2D eigenvalue weighted by Crippen LogP contribution is -2.28. The van der Waals surface area contributed by atoms with Crippen LogP contribution < -0.4 is 9.64 Å². The summed E-state index contributed by atoms with van der Waals surface area (Å²) in [4.78, 5) is 15.3. The molecule has 1 aliphatic rings. The molecule has 1 amide bonds. The van der Waals surface area contributed by atoms with Crippen LogP contribution in [-0.4, -0.2) is 10.2 Å². The highest BCUT2D eigenvalue weighted by Crippen LogP contribution is 2.39. The normalized spacial score (nSPS) is 15.0. The lowest BCUT2D eigenvalue weighted by molar-refractivity contribution is -0.113. The van der Waals surface area contributed by atoms with E-state index in [2.05, 4.69) is 0 Å². The summed E-state index contributed by atoms with van der Waals surface area (Å²) in [6.45, 7) is 4.33. The molecule has 7 heteroatoms. The molecule has 0 saturated carbocycles. The van der Waals surface area contributed by atoms with Crippen LogP contribution in [0.15, 0.2) is 65.6 Å². The van der Waals surface area contributed by atoms with Gasteiger partial charge in [0.1, 0.15) is 12.4 Å². The van der Waals surface area contributed by atoms with E-state index in [9.17, 15) is 4.79 Å². The van der Waals surface area contributed by atoms with Crippen LogP contribution in [-0.2, 0) is 11.4 Å². The number of thioether (sulfide) groups is 1. The Morgan fingerprint density at radius 1 is 1.03 bits per heavy atom. The third-order valence-electron chi connectivity index (χ3n) is 4.93. The summed E-state index contributed by atoms with van der Waals surface area (Å²) in [5, 5.41) is 1.20. The van der Waals surface area contributed by atoms with E-state index in [-0.39, 0.29) is 5.91 Å². The number of carbonyl (C=O) groups excluding carboxylic acids is 1. The number of hydrogen-bond donors (Lipinski definition) is 0. The number of carbonyl (C=O) groups is 1. The molecule has 0 unspecified atom stereocenters. The van der Waals surface area contributed by atoms with E-state index in [4.69, 9.17) is 40.2 Å². The maximum atomic E-state index is 13.2. The highest BCUT2D eigenvalue weighted by molar-refractivity contribution is 8.27. The Kier molecular flexibility index (Phi) is 6.91. The van der Waals surface area contributed by atoms with Crippen molar-refractivity contribution in [3.8, 4) is 5.75 Å². The fourth-order valence-electron chi connectivity index (χ4n) is 3.42. The second-order valence-corrected chi connectivity index (χ2v) is 9.96. The van der Waals surface area contributed by atoms with Crippen molar-refractivity contribution in [3.05, 3.63) is 97.9 Å². The Labute approximate surface area is 207 Å². The third-order valence-corrected chi connectivity index (χ3v) is 6.70. The van der Waals surface area contributed by atoms with Crippen LogP contribution in [0.5, 0.6) is 5.75 Å². The van der Waals surface area contributed by atoms with E-state index in [1.807, 2.05) is 56.3 Å². The number of hydrogen-bond acceptors (Lipinski definition) is 4. The molecule has 3 aromatic carbocycles. The van der Waals surface area contributed by atoms with Crippen molar-refractivity contribution in [1.29, 1.82) is 0 Å². The Balaban J connectivity index is 1.62. The van der Waals surface area contributed by atoms with Crippen molar-refractivity contribution in [2.24, 2.45) is 0 Å². The molecule has 3 nitrogen and oxygen atoms in total. The van der Waals surface area contributed by atoms with Gasteiger partial charge in [-0.2, -0.15) is 0 Å². The molecule has 1 fully saturated rings. The van der Waals surface area contributed by atoms with Crippen LogP contribution in [0.25, 0.3) is 6.08 Å². The van der Waals surface area contributed by atoms with Gasteiger partial charge < -0.3 is 4.74 Å². The highest BCUT2D eigenvalue weighted by Gasteiger charge is 2.34. The summed E-state index contributed by atoms with van der Waals surface area (Å²) < 4.78 is 6.52. The van der Waals surface area contributed by atoms with Crippen LogP contribution >= 0.6 is 47.2 Å². The maximum Gasteiger partial charge on any atom is 0.270 e. The number of thiocarbonyl (C=S) groups is 1. The molecule has 1 saturated heterocycles. The number of nitrogens with zero attached hydrogens (tertiary/aromatic N) is 1. The molecule has 0 N–H and O–H groups in total. The quantitative estimate of drug-likeness (QED) is 0.267. The van der Waals surface area contributed by atoms with Gasteiger partial charge in [0.25, 0.3) is 5.91 Å². The zero-order valence-electron chi connectivity index (χ0n) is 17.4. The van der Waals surface area contributed by atoms with Gasteiger partial charge in [-0.05, 0) is 67.4 Å². The predicted molar refractivity (Wildman–Crippen MR) is 139 cm³/mol. The lowest BCUT2D eigenvalue weighted by Gasteiger charge is -2.17. The van der Waals surface area contributed by atoms with Gasteiger partial charge >= 0.3 is 0 Å². The monoisotopic (exact) mass is 499 g/mol. The van der Waals surface area contributed by atoms with Gasteiger partial charge in [-0.15, -0.1) is 0 Å². The molecule has 0 atom stereocenters. The molecule has 1 aliphatic heterocycles. The largest absolute Gasteiger partial charge is 0.488 e. The zero-order chi connectivity index (χ0) is 22.8. The first kappa shape index (κ1) is 22.9. The predicted octanol–water partition coefficient (Wildman–Crippen LogP) is 7.60. The summed E-state index contributed by atoms with van der Waals surface area (Å²) >= 11 is 19.1. The van der Waals surface area contributed by atoms with Crippen LogP contribution in [0.4, 0.5) is 5.69 Å². The first-order chi connectivity index (χ1) is 15.3. The van der Waals surface area contributed by atoms with Crippen LogP contribution in [0.2, 0.25) is 10.0 Å². The molecule has 0 bridgehead atoms. The van der Waals surface area contributed by atoms with Crippen LogP contribution in [0.1, 0.15) is 22.3 Å². The lowest BCUT2D eigenvalue weighted by atomic mass is 10.1. The molecule has 1 heterocycles. The second kappa shape index (κ2) is 9.67. The van der Waals surface area contributed by atoms with Crippen molar-refractivity contribution in [2.75, 3.05) is 4.90 Å². The Morgan fingerprint density at radius 2 is 1.81 bits per heavy atom. The average Bonchev–Trinajstić information content (AvgIpc) is 3.01. The molecular weight excluding hydrogens is 481 g/mol. The summed E-state index contributed by atoms with van der Waals surface area (Å²) in [5.74, 6) is 0.457. The van der Waals surface area contributed by atoms with Gasteiger partial charge in [0.05, 0.1) is 10.6 Å². The summed E-state index contributed by atoms with van der Waals surface area (Å²) in [7, 11) is 0. The molecular formula is C25H19Cl2NO2S2. The standard InChI is InChI=1S/C25H19Cl2NO2S2/c1-15-6-8-21(16(2)10-15)28-24(29)23(32-25(28)31)13-18-12-20(27)7-9-22(18)30-14-17-4-3-5-19(26)11-17/h3-13H,14H2,1-2H3/b23-13-. The fourth-order valence-corrected chi connectivity index (χ4v) is 5.09. The van der Waals surface area contributed by atoms with Crippen molar-refractivity contribution in [3.63, 3.8) is 0 Å². The maximum absolute atomic E-state index is 13.2. The van der Waals surface area contributed by atoms with E-state index in [0.717, 1.165) is 22.4 Å². The number of rotatable bonds is 5. The number of aryl methyl sites for hydroxylation is 2. The summed E-state index contributed by atoms with van der Waals surface area (Å²) in [5.41, 5.74) is 4.58. The van der Waals surface area contributed by atoms with Crippen molar-refractivity contribution < 1.29 is 9.53 Å². The Morgan fingerprint density at radius 3 is 2.56 bits per heavy atom. The van der Waals surface area contributed by atoms with Crippen molar-refractivity contribution in [2.45, 2.75) is 20.5 Å². The van der Waals surface area contributed by atoms with Gasteiger partial charge in [0, 0.05) is 15.6 Å². The number of halogens is 2. The Bertz CT molecular complexity index is 1260. The van der Waals surface area contributed by atoms with E-state index in [1.54, 1.807) is 29.2 Å². The minimum Gasteiger partial charge on any atom is -0.488 e. The van der Waals surface area contributed by atoms with Gasteiger partial charge in [-0.3, -0.25) is 9.69 Å². The number of ether oxygens (including phenoxy) is 1. The SMILES string of the molecule is Cc1ccc(N2C(=O)/C(=C/c3cc(Cl)ccc3OCc3cccc(Cl)c3)SC2=S)c(C)c1. The third kappa shape index (κ3) is 5.02. The van der Waals surface area contributed by atoms with Gasteiger partial charge in [0.2, 0.25) is 0 Å². The number of benzene rings is 3. The van der Waals surface area contributed by atoms with E-state index in [1.165, 1.54) is 11.8 Å². The summed E-state index contributed by atoms with van der Waals surface area (Å²) in [6, 6.07) is 18.8. The second-order valence-electron chi connectivity index (χ2n) is 7.41. The first-order valence-corrected chi connectivity index (χ1v) is 11.8. The number of anilines is 1. The molecule has 162 valence electrons. The first-order valence-electron chi connectivity index (χ1n) is 9.84. The molecule has 0 aliphatic carbocycles. The molecule has 0 radical (unpaired) electrons. The molecule has 4 rings (SSSR count). The Hall–Kier alpha value is -2.31. The highest BCUT2D eigenvalue weighted by atomic mass is 35.5. The van der Waals surface area contributed by atoms with E-state index >= 15 is 0 Å². The van der Waals surface area contributed by atoms with Crippen LogP contribution in [0, 0.1) is 13.8 Å². The van der Waals surface area contributed by atoms with E-state index in [0.29, 0.717) is 37.2 Å². The summed E-state index contributed by atoms with van der Waals surface area (Å²) in [6.07, 6.45) is 1.78. The average molecular weight is 500 g/mol. The van der Waals surface area contributed by atoms with Crippen molar-refractivity contribution >= 4 is 69.2 Å². The minimum absolute atomic E-state index is 0.160. The van der Waals surface area contributed by atoms with Crippen LogP contribution in [0.3, 0.4) is 0 Å². The van der Waals surface area contributed by atoms with Crippen molar-refractivity contribution in [1.82, 2.24) is 0 Å². The molecule has 0 aromatic heterocycles.